The van der Waals surface area contributed by atoms with E-state index < -0.39 is 0 Å². The summed E-state index contributed by atoms with van der Waals surface area (Å²) in [6, 6.07) is 0.722. The van der Waals surface area contributed by atoms with Crippen molar-refractivity contribution in [3.63, 3.8) is 0 Å². The van der Waals surface area contributed by atoms with Gasteiger partial charge in [-0.2, -0.15) is 0 Å². The molecule has 1 spiro atoms. The number of morpholine rings is 1. The second-order valence-corrected chi connectivity index (χ2v) is 8.09. The number of amides is 1. The zero-order chi connectivity index (χ0) is 17.7. The third-order valence-corrected chi connectivity index (χ3v) is 6.59. The van der Waals surface area contributed by atoms with Crippen LogP contribution < -0.4 is 0 Å². The van der Waals surface area contributed by atoms with Crippen LogP contribution in [0, 0.1) is 5.92 Å². The van der Waals surface area contributed by atoms with Crippen LogP contribution in [0.15, 0.2) is 0 Å². The van der Waals surface area contributed by atoms with Crippen LogP contribution in [0.1, 0.15) is 58.8 Å². The number of carbonyl (C=O) groups excluding carboxylic acids is 1. The minimum atomic E-state index is 0.0384. The smallest absolute Gasteiger partial charge is 0.223 e. The monoisotopic (exact) mass is 352 g/mol. The molecule has 0 radical (unpaired) electrons. The van der Waals surface area contributed by atoms with Crippen LogP contribution in [-0.2, 0) is 14.3 Å². The van der Waals surface area contributed by atoms with Crippen LogP contribution in [0.2, 0.25) is 0 Å². The molecule has 3 aliphatic heterocycles. The van der Waals surface area contributed by atoms with Gasteiger partial charge in [-0.3, -0.25) is 4.79 Å². The van der Waals surface area contributed by atoms with Crippen molar-refractivity contribution in [2.45, 2.75) is 70.4 Å². The van der Waals surface area contributed by atoms with Crippen LogP contribution in [0.5, 0.6) is 0 Å². The molecule has 0 saturated carbocycles. The lowest BCUT2D eigenvalue weighted by Crippen LogP contribution is -2.52. The van der Waals surface area contributed by atoms with Crippen molar-refractivity contribution in [3.8, 4) is 0 Å². The molecule has 3 fully saturated rings. The summed E-state index contributed by atoms with van der Waals surface area (Å²) >= 11 is 0. The zero-order valence-corrected chi connectivity index (χ0v) is 16.2. The topological polar surface area (TPSA) is 42.0 Å². The van der Waals surface area contributed by atoms with Crippen LogP contribution >= 0.6 is 0 Å². The van der Waals surface area contributed by atoms with Gasteiger partial charge in [-0.15, -0.1) is 0 Å². The Morgan fingerprint density at radius 1 is 1.08 bits per heavy atom. The van der Waals surface area contributed by atoms with Crippen molar-refractivity contribution in [2.75, 3.05) is 46.0 Å². The first-order chi connectivity index (χ1) is 12.2. The fourth-order valence-electron chi connectivity index (χ4n) is 4.94. The Morgan fingerprint density at radius 2 is 1.76 bits per heavy atom. The summed E-state index contributed by atoms with van der Waals surface area (Å²) in [7, 11) is 0. The Labute approximate surface area is 153 Å². The summed E-state index contributed by atoms with van der Waals surface area (Å²) in [6.45, 7) is 10.6. The van der Waals surface area contributed by atoms with Crippen molar-refractivity contribution in [1.29, 1.82) is 0 Å². The number of likely N-dealkylation sites (tertiary alicyclic amines) is 1. The van der Waals surface area contributed by atoms with E-state index in [1.54, 1.807) is 0 Å². The van der Waals surface area contributed by atoms with Gasteiger partial charge in [0.05, 0.1) is 18.8 Å². The van der Waals surface area contributed by atoms with Crippen LogP contribution in [0.25, 0.3) is 0 Å². The Balaban J connectivity index is 1.50. The van der Waals surface area contributed by atoms with E-state index in [-0.39, 0.29) is 5.60 Å². The van der Waals surface area contributed by atoms with E-state index in [0.29, 0.717) is 31.5 Å². The van der Waals surface area contributed by atoms with Gasteiger partial charge >= 0.3 is 0 Å². The highest BCUT2D eigenvalue weighted by Crippen LogP contribution is 2.39. The zero-order valence-electron chi connectivity index (χ0n) is 16.2. The second-order valence-electron chi connectivity index (χ2n) is 8.09. The van der Waals surface area contributed by atoms with Crippen LogP contribution in [0.3, 0.4) is 0 Å². The molecular weight excluding hydrogens is 316 g/mol. The number of carbonyl (C=O) groups is 1. The van der Waals surface area contributed by atoms with Gasteiger partial charge < -0.3 is 19.3 Å². The van der Waals surface area contributed by atoms with Crippen molar-refractivity contribution in [1.82, 2.24) is 9.80 Å². The number of ether oxygens (including phenoxy) is 2. The molecule has 1 amide bonds. The predicted octanol–water partition coefficient (Wildman–Crippen LogP) is 2.69. The number of piperidine rings is 1. The van der Waals surface area contributed by atoms with Gasteiger partial charge in [0.1, 0.15) is 0 Å². The number of hydrogen-bond acceptors (Lipinski definition) is 4. The first-order valence-corrected chi connectivity index (χ1v) is 10.4. The average molecular weight is 353 g/mol. The summed E-state index contributed by atoms with van der Waals surface area (Å²) in [5, 5.41) is 0. The van der Waals surface area contributed by atoms with Crippen LogP contribution in [-0.4, -0.2) is 73.3 Å². The van der Waals surface area contributed by atoms with Crippen LogP contribution in [0.4, 0.5) is 0 Å². The molecule has 3 rings (SSSR count). The minimum absolute atomic E-state index is 0.0384. The first kappa shape index (κ1) is 19.1. The van der Waals surface area contributed by atoms with Gasteiger partial charge in [0, 0.05) is 45.2 Å². The Hall–Kier alpha value is -0.650. The molecule has 0 aliphatic carbocycles. The molecule has 0 bridgehead atoms. The van der Waals surface area contributed by atoms with Gasteiger partial charge in [0.25, 0.3) is 0 Å². The van der Waals surface area contributed by atoms with E-state index >= 15 is 0 Å². The second kappa shape index (κ2) is 8.83. The lowest BCUT2D eigenvalue weighted by atomic mass is 9.78. The van der Waals surface area contributed by atoms with E-state index in [1.165, 1.54) is 12.8 Å². The summed E-state index contributed by atoms with van der Waals surface area (Å²) < 4.78 is 11.6. The molecule has 5 heteroatoms. The molecular formula is C20H36N2O3. The van der Waals surface area contributed by atoms with E-state index in [9.17, 15) is 4.79 Å². The molecule has 0 aromatic carbocycles. The Kier molecular flexibility index (Phi) is 6.75. The summed E-state index contributed by atoms with van der Waals surface area (Å²) in [5.74, 6) is 0.809. The van der Waals surface area contributed by atoms with Crippen molar-refractivity contribution in [3.05, 3.63) is 0 Å². The highest BCUT2D eigenvalue weighted by molar-refractivity contribution is 5.76. The molecule has 144 valence electrons. The van der Waals surface area contributed by atoms with Gasteiger partial charge in [-0.05, 0) is 44.4 Å². The Bertz CT molecular complexity index is 425. The largest absolute Gasteiger partial charge is 0.378 e. The molecule has 1 atom stereocenters. The first-order valence-electron chi connectivity index (χ1n) is 10.4. The van der Waals surface area contributed by atoms with E-state index in [1.807, 2.05) is 4.90 Å². The quantitative estimate of drug-likeness (QED) is 0.763. The summed E-state index contributed by atoms with van der Waals surface area (Å²) in [6.07, 6.45) is 7.54. The molecule has 0 aromatic heterocycles. The lowest BCUT2D eigenvalue weighted by molar-refractivity contribution is -0.145. The predicted molar refractivity (Wildman–Crippen MR) is 98.6 cm³/mol. The molecule has 5 nitrogen and oxygen atoms in total. The SMILES string of the molecule is CCC(CC)N1CCC2(CC1)CC(CC(=O)N1CCOCC1)CCO2. The van der Waals surface area contributed by atoms with Crippen molar-refractivity contribution in [2.24, 2.45) is 5.92 Å². The average Bonchev–Trinajstić information content (AvgIpc) is 2.65. The van der Waals surface area contributed by atoms with Crippen molar-refractivity contribution < 1.29 is 14.3 Å². The van der Waals surface area contributed by atoms with Gasteiger partial charge in [-0.1, -0.05) is 13.8 Å². The normalized spacial score (nSPS) is 27.8. The fourth-order valence-corrected chi connectivity index (χ4v) is 4.94. The van der Waals surface area contributed by atoms with E-state index in [2.05, 4.69) is 18.7 Å². The molecule has 0 N–H and O–H groups in total. The van der Waals surface area contributed by atoms with Gasteiger partial charge in [0.15, 0.2) is 0 Å². The highest BCUT2D eigenvalue weighted by Gasteiger charge is 2.41. The molecule has 3 saturated heterocycles. The molecule has 0 aromatic rings. The third-order valence-electron chi connectivity index (χ3n) is 6.59. The number of rotatable bonds is 5. The molecule has 3 heterocycles. The minimum Gasteiger partial charge on any atom is -0.378 e. The Morgan fingerprint density at radius 3 is 2.40 bits per heavy atom. The lowest BCUT2D eigenvalue weighted by Gasteiger charge is -2.48. The fraction of sp³-hybridized carbons (Fsp3) is 0.950. The van der Waals surface area contributed by atoms with E-state index in [0.717, 1.165) is 64.5 Å². The van der Waals surface area contributed by atoms with E-state index in [4.69, 9.17) is 9.47 Å². The highest BCUT2D eigenvalue weighted by atomic mass is 16.5. The van der Waals surface area contributed by atoms with Crippen molar-refractivity contribution >= 4 is 5.91 Å². The van der Waals surface area contributed by atoms with Gasteiger partial charge in [-0.25, -0.2) is 0 Å². The molecule has 3 aliphatic rings. The molecule has 1 unspecified atom stereocenters. The number of nitrogens with zero attached hydrogens (tertiary/aromatic N) is 2. The maximum atomic E-state index is 12.6. The molecule has 25 heavy (non-hydrogen) atoms. The van der Waals surface area contributed by atoms with Gasteiger partial charge in [0.2, 0.25) is 5.91 Å². The summed E-state index contributed by atoms with van der Waals surface area (Å²) in [4.78, 5) is 17.2. The standard InChI is InChI=1S/C20H36N2O3/c1-3-18(4-2)21-8-6-20(7-9-21)16-17(5-12-25-20)15-19(23)22-10-13-24-14-11-22/h17-18H,3-16H2,1-2H3. The maximum Gasteiger partial charge on any atom is 0.223 e. The maximum absolute atomic E-state index is 12.6. The summed E-state index contributed by atoms with van der Waals surface area (Å²) in [5.41, 5.74) is 0.0384. The number of hydrogen-bond donors (Lipinski definition) is 0. The third kappa shape index (κ3) is 4.75.